The summed E-state index contributed by atoms with van der Waals surface area (Å²) in [4.78, 5) is 30.0. The van der Waals surface area contributed by atoms with Gasteiger partial charge in [-0.3, -0.25) is 13.9 Å². The van der Waals surface area contributed by atoms with Gasteiger partial charge < -0.3 is 14.8 Å². The van der Waals surface area contributed by atoms with Gasteiger partial charge in [-0.15, -0.1) is 0 Å². The van der Waals surface area contributed by atoms with Gasteiger partial charge in [0, 0.05) is 32.7 Å². The van der Waals surface area contributed by atoms with Crippen LogP contribution in [0.5, 0.6) is 5.88 Å². The zero-order chi connectivity index (χ0) is 22.5. The van der Waals surface area contributed by atoms with Crippen LogP contribution in [0.2, 0.25) is 0 Å². The molecule has 1 saturated carbocycles. The second kappa shape index (κ2) is 9.90. The molecule has 3 aromatic rings. The van der Waals surface area contributed by atoms with E-state index in [0.29, 0.717) is 42.9 Å². The molecule has 3 heterocycles. The van der Waals surface area contributed by atoms with Crippen molar-refractivity contribution in [2.24, 2.45) is 18.9 Å². The highest BCUT2D eigenvalue weighted by Crippen LogP contribution is 2.31. The van der Waals surface area contributed by atoms with E-state index in [1.807, 2.05) is 6.07 Å². The summed E-state index contributed by atoms with van der Waals surface area (Å²) in [6, 6.07) is 5.35. The van der Waals surface area contributed by atoms with Gasteiger partial charge in [0.15, 0.2) is 5.65 Å². The number of hydrogen-bond acceptors (Lipinski definition) is 7. The maximum absolute atomic E-state index is 12.9. The number of imidazole rings is 1. The van der Waals surface area contributed by atoms with Crippen LogP contribution >= 0.6 is 0 Å². The van der Waals surface area contributed by atoms with Crippen LogP contribution in [0.3, 0.4) is 0 Å². The minimum Gasteiger partial charge on any atom is -0.475 e. The van der Waals surface area contributed by atoms with Crippen molar-refractivity contribution in [2.45, 2.75) is 32.2 Å². The first kappa shape index (κ1) is 21.9. The summed E-state index contributed by atoms with van der Waals surface area (Å²) in [6.45, 7) is 1.44. The number of rotatable bonds is 8. The molecule has 32 heavy (non-hydrogen) atoms. The molecular formula is C22H28N6O4. The molecule has 3 aromatic heterocycles. The Hall–Kier alpha value is -3.27. The van der Waals surface area contributed by atoms with E-state index < -0.39 is 0 Å². The second-order valence-electron chi connectivity index (χ2n) is 8.12. The average Bonchev–Trinajstić information content (AvgIpc) is 3.05. The third-order valence-corrected chi connectivity index (χ3v) is 6.01. The summed E-state index contributed by atoms with van der Waals surface area (Å²) in [5, 5.41) is 10.4. The lowest BCUT2D eigenvalue weighted by atomic mass is 9.81. The normalized spacial score (nSPS) is 18.6. The van der Waals surface area contributed by atoms with Gasteiger partial charge in [-0.1, -0.05) is 0 Å². The van der Waals surface area contributed by atoms with Gasteiger partial charge in [0.25, 0.3) is 0 Å². The van der Waals surface area contributed by atoms with E-state index in [2.05, 4.69) is 20.5 Å². The predicted molar refractivity (Wildman–Crippen MR) is 118 cm³/mol. The number of hydrogen-bond donors (Lipinski definition) is 1. The Morgan fingerprint density at radius 3 is 2.69 bits per heavy atom. The maximum Gasteiger partial charge on any atom is 0.330 e. The lowest BCUT2D eigenvalue weighted by Crippen LogP contribution is -2.31. The predicted octanol–water partition coefficient (Wildman–Crippen LogP) is 2.00. The first-order chi connectivity index (χ1) is 15.6. The van der Waals surface area contributed by atoms with E-state index in [1.165, 1.54) is 6.20 Å². The molecule has 0 bridgehead atoms. The molecule has 0 radical (unpaired) electrons. The van der Waals surface area contributed by atoms with E-state index in [-0.39, 0.29) is 17.5 Å². The van der Waals surface area contributed by atoms with Gasteiger partial charge in [-0.2, -0.15) is 15.2 Å². The highest BCUT2D eigenvalue weighted by Gasteiger charge is 2.28. The molecule has 10 heteroatoms. The van der Waals surface area contributed by atoms with E-state index in [0.717, 1.165) is 31.2 Å². The Balaban J connectivity index is 1.41. The number of anilines is 1. The van der Waals surface area contributed by atoms with Crippen LogP contribution < -0.4 is 15.7 Å². The fourth-order valence-electron chi connectivity index (χ4n) is 4.21. The number of aromatic nitrogens is 5. The molecule has 1 N–H and O–H groups in total. The van der Waals surface area contributed by atoms with Crippen molar-refractivity contribution in [2.75, 3.05) is 25.6 Å². The van der Waals surface area contributed by atoms with Crippen molar-refractivity contribution in [3.05, 3.63) is 41.1 Å². The van der Waals surface area contributed by atoms with E-state index in [1.54, 1.807) is 41.6 Å². The minimum absolute atomic E-state index is 0.0123. The molecular weight excluding hydrogens is 412 g/mol. The number of carbonyl (C=O) groups is 1. The van der Waals surface area contributed by atoms with E-state index in [9.17, 15) is 9.59 Å². The molecule has 1 fully saturated rings. The molecule has 0 aliphatic heterocycles. The van der Waals surface area contributed by atoms with Crippen LogP contribution in [0.25, 0.3) is 11.2 Å². The molecule has 1 amide bonds. The second-order valence-corrected chi connectivity index (χ2v) is 8.12. The van der Waals surface area contributed by atoms with Gasteiger partial charge in [0.1, 0.15) is 6.61 Å². The van der Waals surface area contributed by atoms with E-state index in [4.69, 9.17) is 9.47 Å². The number of amides is 1. The molecule has 0 aromatic carbocycles. The van der Waals surface area contributed by atoms with Crippen molar-refractivity contribution >= 4 is 22.8 Å². The van der Waals surface area contributed by atoms with Gasteiger partial charge in [-0.25, -0.2) is 4.79 Å². The third-order valence-electron chi connectivity index (χ3n) is 6.01. The van der Waals surface area contributed by atoms with Crippen molar-refractivity contribution in [3.8, 4) is 5.88 Å². The molecule has 4 rings (SSSR count). The smallest absolute Gasteiger partial charge is 0.330 e. The first-order valence-corrected chi connectivity index (χ1v) is 10.8. The van der Waals surface area contributed by atoms with Crippen LogP contribution in [-0.4, -0.2) is 50.5 Å². The Kier molecular flexibility index (Phi) is 6.79. The number of carbonyl (C=O) groups excluding carboxylic acids is 1. The van der Waals surface area contributed by atoms with E-state index >= 15 is 0 Å². The fourth-order valence-corrected chi connectivity index (χ4v) is 4.21. The highest BCUT2D eigenvalue weighted by molar-refractivity contribution is 5.92. The number of fused-ring (bicyclic) bond motifs is 1. The number of pyridine rings is 1. The maximum atomic E-state index is 12.9. The Morgan fingerprint density at radius 2 is 1.97 bits per heavy atom. The summed E-state index contributed by atoms with van der Waals surface area (Å²) < 4.78 is 14.0. The minimum atomic E-state index is -0.0911. The largest absolute Gasteiger partial charge is 0.475 e. The molecule has 10 nitrogen and oxygen atoms in total. The Bertz CT molecular complexity index is 1120. The molecule has 1 aliphatic carbocycles. The lowest BCUT2D eigenvalue weighted by Gasteiger charge is -2.27. The number of nitrogens with zero attached hydrogens (tertiary/aromatic N) is 5. The number of ether oxygens (including phenoxy) is 2. The van der Waals surface area contributed by atoms with Crippen LogP contribution in [0.1, 0.15) is 25.7 Å². The van der Waals surface area contributed by atoms with Crippen molar-refractivity contribution in [1.82, 2.24) is 24.3 Å². The van der Waals surface area contributed by atoms with Crippen LogP contribution in [0.4, 0.5) is 5.69 Å². The van der Waals surface area contributed by atoms with Gasteiger partial charge in [0.05, 0.1) is 30.2 Å². The summed E-state index contributed by atoms with van der Waals surface area (Å²) in [7, 11) is 3.37. The topological polar surface area (TPSA) is 113 Å². The number of methoxy groups -OCH3 is 1. The standard InChI is InChI=1S/C22H28N6O4/c1-27-18-7-8-19(32-12-11-31-2)26-20(18)28(22(27)30)14-15-3-5-16(6-4-15)21(29)25-17-9-10-23-24-13-17/h7-10,13,15-16H,3-6,11-12,14H2,1-2H3,(H,23,25,29). The van der Waals surface area contributed by atoms with Gasteiger partial charge in [-0.05, 0) is 43.7 Å². The SMILES string of the molecule is COCCOc1ccc2c(n1)n(CC1CCC(C(=O)Nc3ccnnc3)CC1)c(=O)n2C. The van der Waals surface area contributed by atoms with Crippen molar-refractivity contribution in [1.29, 1.82) is 0 Å². The Labute approximate surface area is 185 Å². The zero-order valence-electron chi connectivity index (χ0n) is 18.4. The van der Waals surface area contributed by atoms with Crippen LogP contribution in [-0.2, 0) is 23.1 Å². The van der Waals surface area contributed by atoms with Gasteiger partial charge >= 0.3 is 5.69 Å². The quantitative estimate of drug-likeness (QED) is 0.533. The monoisotopic (exact) mass is 440 g/mol. The summed E-state index contributed by atoms with van der Waals surface area (Å²) in [5.41, 5.74) is 1.96. The van der Waals surface area contributed by atoms with Crippen molar-refractivity contribution in [3.63, 3.8) is 0 Å². The van der Waals surface area contributed by atoms with Crippen molar-refractivity contribution < 1.29 is 14.3 Å². The third kappa shape index (κ3) is 4.80. The summed E-state index contributed by atoms with van der Waals surface area (Å²) in [6.07, 6.45) is 6.41. The molecule has 0 spiro atoms. The summed E-state index contributed by atoms with van der Waals surface area (Å²) >= 11 is 0. The molecule has 0 saturated heterocycles. The van der Waals surface area contributed by atoms with Crippen LogP contribution in [0, 0.1) is 11.8 Å². The lowest BCUT2D eigenvalue weighted by molar-refractivity contribution is -0.121. The van der Waals surface area contributed by atoms with Gasteiger partial charge in [0.2, 0.25) is 11.8 Å². The first-order valence-electron chi connectivity index (χ1n) is 10.8. The Morgan fingerprint density at radius 1 is 1.16 bits per heavy atom. The summed E-state index contributed by atoms with van der Waals surface area (Å²) in [5.74, 6) is 0.755. The van der Waals surface area contributed by atoms with Crippen LogP contribution in [0.15, 0.2) is 35.4 Å². The fraction of sp³-hybridized carbons (Fsp3) is 0.500. The molecule has 1 aliphatic rings. The molecule has 0 unspecified atom stereocenters. The number of nitrogens with one attached hydrogen (secondary N) is 1. The number of aryl methyl sites for hydroxylation is 1. The molecule has 0 atom stereocenters. The average molecular weight is 441 g/mol. The zero-order valence-corrected chi connectivity index (χ0v) is 18.4. The molecule has 170 valence electrons. The highest BCUT2D eigenvalue weighted by atomic mass is 16.5.